The molecule has 0 atom stereocenters. The third-order valence-electron chi connectivity index (χ3n) is 2.24. The summed E-state index contributed by atoms with van der Waals surface area (Å²) in [6.45, 7) is -0.00721. The molecule has 3 N–H and O–H groups in total. The molecule has 15 heavy (non-hydrogen) atoms. The van der Waals surface area contributed by atoms with E-state index in [9.17, 15) is 9.59 Å². The first kappa shape index (κ1) is 11.7. The molecule has 4 nitrogen and oxygen atoms in total. The van der Waals surface area contributed by atoms with E-state index in [0.29, 0.717) is 12.0 Å². The summed E-state index contributed by atoms with van der Waals surface area (Å²) in [6, 6.07) is 5.17. The molecule has 0 saturated heterocycles. The zero-order valence-corrected chi connectivity index (χ0v) is 8.76. The van der Waals surface area contributed by atoms with Gasteiger partial charge in [0, 0.05) is 11.3 Å². The van der Waals surface area contributed by atoms with Crippen LogP contribution in [0.5, 0.6) is 0 Å². The van der Waals surface area contributed by atoms with E-state index in [1.54, 1.807) is 18.2 Å². The van der Waals surface area contributed by atoms with Crippen LogP contribution in [-0.4, -0.2) is 18.2 Å². The van der Waals surface area contributed by atoms with E-state index < -0.39 is 0 Å². The molecule has 0 unspecified atom stereocenters. The molecule has 1 aromatic carbocycles. The van der Waals surface area contributed by atoms with Crippen LogP contribution in [0, 0.1) is 0 Å². The quantitative estimate of drug-likeness (QED) is 0.731. The lowest BCUT2D eigenvalue weighted by Gasteiger charge is -2.01. The monoisotopic (exact) mass is 226 g/mol. The van der Waals surface area contributed by atoms with Crippen molar-refractivity contribution in [3.8, 4) is 0 Å². The van der Waals surface area contributed by atoms with Gasteiger partial charge in [0.15, 0.2) is 5.78 Å². The number of Topliss-reactive ketones (excluding diaryl/α,β-unsaturated/α-hetero) is 1. The summed E-state index contributed by atoms with van der Waals surface area (Å²) in [5, 5.41) is 2.68. The highest BCUT2D eigenvalue weighted by atomic mass is 35.5. The fourth-order valence-corrected chi connectivity index (χ4v) is 1.51. The van der Waals surface area contributed by atoms with Crippen molar-refractivity contribution < 1.29 is 9.59 Å². The van der Waals surface area contributed by atoms with Gasteiger partial charge in [-0.1, -0.05) is 12.1 Å². The Kier molecular flexibility index (Phi) is 3.44. The van der Waals surface area contributed by atoms with E-state index in [1.165, 1.54) is 0 Å². The minimum absolute atomic E-state index is 0. The Balaban J connectivity index is 0.00000112. The number of nitrogens with two attached hydrogens (primary N) is 1. The van der Waals surface area contributed by atoms with Crippen LogP contribution in [0.3, 0.4) is 0 Å². The van der Waals surface area contributed by atoms with E-state index in [1.807, 2.05) is 0 Å². The number of hydrogen-bond donors (Lipinski definition) is 2. The molecule has 0 aliphatic carbocycles. The number of carbonyl (C=O) groups excluding carboxylic acids is 2. The minimum atomic E-state index is -0.117. The predicted octanol–water partition coefficient (Wildman–Crippen LogP) is 0.744. The van der Waals surface area contributed by atoms with Crippen molar-refractivity contribution in [3.63, 3.8) is 0 Å². The molecular weight excluding hydrogens is 216 g/mol. The maximum atomic E-state index is 11.3. The van der Waals surface area contributed by atoms with Gasteiger partial charge >= 0.3 is 0 Å². The van der Waals surface area contributed by atoms with Gasteiger partial charge in [-0.3, -0.25) is 9.59 Å². The molecule has 0 fully saturated rings. The largest absolute Gasteiger partial charge is 0.326 e. The van der Waals surface area contributed by atoms with Crippen molar-refractivity contribution in [1.82, 2.24) is 0 Å². The number of nitrogens with one attached hydrogen (secondary N) is 1. The van der Waals surface area contributed by atoms with Crippen LogP contribution in [0.25, 0.3) is 0 Å². The second-order valence-electron chi connectivity index (χ2n) is 3.22. The summed E-state index contributed by atoms with van der Waals surface area (Å²) in [6.07, 6.45) is 0.395. The number of hydrogen-bond acceptors (Lipinski definition) is 3. The first-order chi connectivity index (χ1) is 6.70. The predicted molar refractivity (Wildman–Crippen MR) is 59.4 cm³/mol. The van der Waals surface area contributed by atoms with Crippen molar-refractivity contribution in [2.45, 2.75) is 6.42 Å². The summed E-state index contributed by atoms with van der Waals surface area (Å²) in [5.74, 6) is -0.147. The van der Waals surface area contributed by atoms with Crippen molar-refractivity contribution in [1.29, 1.82) is 0 Å². The van der Waals surface area contributed by atoms with Crippen molar-refractivity contribution >= 4 is 29.8 Å². The highest BCUT2D eigenvalue weighted by Crippen LogP contribution is 2.23. The normalized spacial score (nSPS) is 12.7. The molecule has 5 heteroatoms. The molecule has 0 bridgehead atoms. The Morgan fingerprint density at radius 2 is 2.20 bits per heavy atom. The molecule has 80 valence electrons. The van der Waals surface area contributed by atoms with Crippen LogP contribution >= 0.6 is 12.4 Å². The lowest BCUT2D eigenvalue weighted by molar-refractivity contribution is -0.115. The van der Waals surface area contributed by atoms with Gasteiger partial charge < -0.3 is 11.1 Å². The third-order valence-corrected chi connectivity index (χ3v) is 2.24. The molecule has 1 aliphatic heterocycles. The number of carbonyl (C=O) groups is 2. The number of ketones is 1. The molecule has 1 amide bonds. The van der Waals surface area contributed by atoms with Crippen LogP contribution < -0.4 is 11.1 Å². The van der Waals surface area contributed by atoms with E-state index >= 15 is 0 Å². The second kappa shape index (κ2) is 4.42. The molecule has 0 aromatic heterocycles. The van der Waals surface area contributed by atoms with Crippen LogP contribution in [0.1, 0.15) is 15.9 Å². The average Bonchev–Trinajstić information content (AvgIpc) is 2.55. The van der Waals surface area contributed by atoms with Gasteiger partial charge in [0.25, 0.3) is 0 Å². The summed E-state index contributed by atoms with van der Waals surface area (Å²) in [7, 11) is 0. The molecule has 0 spiro atoms. The standard InChI is InChI=1S/C10H10N2O2.ClH/c11-5-9(13)7-2-1-6-4-10(14)12-8(6)3-7;/h1-3H,4-5,11H2,(H,12,14);1H. The lowest BCUT2D eigenvalue weighted by Crippen LogP contribution is -2.13. The highest BCUT2D eigenvalue weighted by Gasteiger charge is 2.18. The zero-order chi connectivity index (χ0) is 10.1. The number of halogens is 1. The molecule has 0 radical (unpaired) electrons. The number of amides is 1. The van der Waals surface area contributed by atoms with E-state index in [4.69, 9.17) is 5.73 Å². The summed E-state index contributed by atoms with van der Waals surface area (Å²) < 4.78 is 0. The third kappa shape index (κ3) is 2.16. The van der Waals surface area contributed by atoms with Crippen LogP contribution in [-0.2, 0) is 11.2 Å². The fourth-order valence-electron chi connectivity index (χ4n) is 1.51. The topological polar surface area (TPSA) is 72.2 Å². The Hall–Kier alpha value is -1.39. The highest BCUT2D eigenvalue weighted by molar-refractivity contribution is 6.03. The Morgan fingerprint density at radius 1 is 1.47 bits per heavy atom. The van der Waals surface area contributed by atoms with E-state index in [-0.39, 0.29) is 30.6 Å². The minimum Gasteiger partial charge on any atom is -0.326 e. The summed E-state index contributed by atoms with van der Waals surface area (Å²) in [4.78, 5) is 22.3. The van der Waals surface area contributed by atoms with Gasteiger partial charge in [0.1, 0.15) is 0 Å². The van der Waals surface area contributed by atoms with E-state index in [0.717, 1.165) is 11.3 Å². The smallest absolute Gasteiger partial charge is 0.228 e. The summed E-state index contributed by atoms with van der Waals surface area (Å²) >= 11 is 0. The van der Waals surface area contributed by atoms with Gasteiger partial charge in [-0.25, -0.2) is 0 Å². The Morgan fingerprint density at radius 3 is 2.87 bits per heavy atom. The van der Waals surface area contributed by atoms with Crippen molar-refractivity contribution in [3.05, 3.63) is 29.3 Å². The van der Waals surface area contributed by atoms with E-state index in [2.05, 4.69) is 5.32 Å². The van der Waals surface area contributed by atoms with Crippen LogP contribution in [0.4, 0.5) is 5.69 Å². The Bertz CT molecular complexity index is 418. The molecular formula is C10H11ClN2O2. The molecule has 2 rings (SSSR count). The van der Waals surface area contributed by atoms with Gasteiger partial charge in [-0.15, -0.1) is 12.4 Å². The second-order valence-corrected chi connectivity index (χ2v) is 3.22. The number of fused-ring (bicyclic) bond motifs is 1. The van der Waals surface area contributed by atoms with Gasteiger partial charge in [-0.05, 0) is 11.6 Å². The summed E-state index contributed by atoms with van der Waals surface area (Å²) in [5.41, 5.74) is 7.45. The molecule has 1 aromatic rings. The maximum Gasteiger partial charge on any atom is 0.228 e. The van der Waals surface area contributed by atoms with Gasteiger partial charge in [0.2, 0.25) is 5.91 Å². The van der Waals surface area contributed by atoms with Gasteiger partial charge in [-0.2, -0.15) is 0 Å². The number of benzene rings is 1. The van der Waals surface area contributed by atoms with Crippen molar-refractivity contribution in [2.24, 2.45) is 5.73 Å². The maximum absolute atomic E-state index is 11.3. The SMILES string of the molecule is Cl.NCC(=O)c1ccc2c(c1)NC(=O)C2. The fraction of sp³-hybridized carbons (Fsp3) is 0.200. The van der Waals surface area contributed by atoms with Crippen molar-refractivity contribution in [2.75, 3.05) is 11.9 Å². The lowest BCUT2D eigenvalue weighted by atomic mass is 10.1. The first-order valence-electron chi connectivity index (χ1n) is 4.37. The van der Waals surface area contributed by atoms with Crippen LogP contribution in [0.2, 0.25) is 0 Å². The average molecular weight is 227 g/mol. The molecule has 1 heterocycles. The van der Waals surface area contributed by atoms with Gasteiger partial charge in [0.05, 0.1) is 13.0 Å². The number of rotatable bonds is 2. The zero-order valence-electron chi connectivity index (χ0n) is 7.95. The Labute approximate surface area is 93.3 Å². The first-order valence-corrected chi connectivity index (χ1v) is 4.37. The van der Waals surface area contributed by atoms with Crippen LogP contribution in [0.15, 0.2) is 18.2 Å². The molecule has 1 aliphatic rings. The number of anilines is 1. The molecule has 0 saturated carbocycles.